The fourth-order valence-electron chi connectivity index (χ4n) is 3.03. The van der Waals surface area contributed by atoms with Crippen LogP contribution in [0.1, 0.15) is 15.9 Å². The molecule has 1 heterocycles. The Bertz CT molecular complexity index is 997. The van der Waals surface area contributed by atoms with Gasteiger partial charge < -0.3 is 9.47 Å². The van der Waals surface area contributed by atoms with Crippen molar-refractivity contribution >= 4 is 23.1 Å². The molecule has 5 heteroatoms. The quantitative estimate of drug-likeness (QED) is 0.643. The number of nitrogens with zero attached hydrogens (tertiary/aromatic N) is 1. The summed E-state index contributed by atoms with van der Waals surface area (Å²) < 4.78 is 10.9. The van der Waals surface area contributed by atoms with Gasteiger partial charge in [-0.1, -0.05) is 30.3 Å². The number of carbonyl (C=O) groups is 2. The van der Waals surface area contributed by atoms with E-state index in [1.165, 1.54) is 12.0 Å². The summed E-state index contributed by atoms with van der Waals surface area (Å²) in [5, 5.41) is 0. The summed E-state index contributed by atoms with van der Waals surface area (Å²) in [5.41, 5.74) is 2.60. The largest absolute Gasteiger partial charge is 0.497 e. The molecule has 0 fully saturated rings. The number of ether oxygens (including phenoxy) is 2. The summed E-state index contributed by atoms with van der Waals surface area (Å²) in [5.74, 6) is 0.126. The first-order chi connectivity index (χ1) is 13.2. The summed E-state index contributed by atoms with van der Waals surface area (Å²) in [6.07, 6.45) is 0. The fraction of sp³-hybridized carbons (Fsp3) is 0.0909. The molecule has 1 aliphatic rings. The van der Waals surface area contributed by atoms with Gasteiger partial charge in [0.25, 0.3) is 5.78 Å². The molecule has 1 amide bonds. The van der Waals surface area contributed by atoms with Gasteiger partial charge in [0.15, 0.2) is 0 Å². The molecule has 0 radical (unpaired) electrons. The Balaban J connectivity index is 1.56. The van der Waals surface area contributed by atoms with Gasteiger partial charge in [0.2, 0.25) is 0 Å². The minimum Gasteiger partial charge on any atom is -0.497 e. The number of carbonyl (C=O) groups excluding carboxylic acids is 2. The number of amides is 1. The highest BCUT2D eigenvalue weighted by molar-refractivity contribution is 6.53. The van der Waals surface area contributed by atoms with Gasteiger partial charge in [0.05, 0.1) is 18.4 Å². The van der Waals surface area contributed by atoms with E-state index < -0.39 is 11.7 Å². The maximum atomic E-state index is 12.5. The van der Waals surface area contributed by atoms with Gasteiger partial charge in [-0.15, -0.1) is 0 Å². The molecule has 0 aromatic heterocycles. The van der Waals surface area contributed by atoms with Crippen LogP contribution in [-0.2, 0) is 11.4 Å². The Labute approximate surface area is 156 Å². The molecule has 0 saturated heterocycles. The molecule has 5 nitrogen and oxygen atoms in total. The molecule has 0 spiro atoms. The lowest BCUT2D eigenvalue weighted by Crippen LogP contribution is -2.24. The van der Waals surface area contributed by atoms with Gasteiger partial charge in [-0.25, -0.2) is 0 Å². The number of ketones is 1. The highest BCUT2D eigenvalue weighted by Crippen LogP contribution is 2.37. The molecule has 0 aliphatic carbocycles. The predicted octanol–water partition coefficient (Wildman–Crippen LogP) is 4.14. The molecular formula is C22H17NO4. The summed E-state index contributed by atoms with van der Waals surface area (Å²) in [7, 11) is 1.52. The summed E-state index contributed by atoms with van der Waals surface area (Å²) in [6, 6.07) is 22.0. The second kappa shape index (κ2) is 6.96. The van der Waals surface area contributed by atoms with Crippen LogP contribution < -0.4 is 14.4 Å². The van der Waals surface area contributed by atoms with Gasteiger partial charge in [-0.05, 0) is 48.0 Å². The van der Waals surface area contributed by atoms with Crippen LogP contribution in [0.25, 0.3) is 0 Å². The van der Waals surface area contributed by atoms with E-state index in [1.54, 1.807) is 42.5 Å². The van der Waals surface area contributed by atoms with E-state index in [2.05, 4.69) is 0 Å². The summed E-state index contributed by atoms with van der Waals surface area (Å²) in [6.45, 7) is 0.462. The standard InChI is InChI=1S/C22H17NO4/c1-26-18-11-12-20-19(13-18)21(24)22(25)23(20)16-7-9-17(10-8-16)27-14-15-5-3-2-4-6-15/h2-13H,14H2,1H3. The van der Waals surface area contributed by atoms with Crippen LogP contribution in [0.3, 0.4) is 0 Å². The van der Waals surface area contributed by atoms with Crippen LogP contribution in [0.4, 0.5) is 11.4 Å². The third-order valence-corrected chi connectivity index (χ3v) is 4.43. The zero-order chi connectivity index (χ0) is 18.8. The van der Waals surface area contributed by atoms with Gasteiger partial charge in [0, 0.05) is 5.69 Å². The molecule has 0 atom stereocenters. The van der Waals surface area contributed by atoms with Crippen molar-refractivity contribution in [3.63, 3.8) is 0 Å². The number of Topliss-reactive ketones (excluding diaryl/α,β-unsaturated/α-hetero) is 1. The molecule has 3 aromatic carbocycles. The van der Waals surface area contributed by atoms with Gasteiger partial charge in [-0.3, -0.25) is 14.5 Å². The molecule has 1 aliphatic heterocycles. The van der Waals surface area contributed by atoms with Gasteiger partial charge >= 0.3 is 5.91 Å². The van der Waals surface area contributed by atoms with Crippen LogP contribution in [0.15, 0.2) is 72.8 Å². The van der Waals surface area contributed by atoms with Crippen molar-refractivity contribution in [2.75, 3.05) is 12.0 Å². The minimum absolute atomic E-state index is 0.351. The Hall–Kier alpha value is -3.60. The molecule has 4 rings (SSSR count). The number of fused-ring (bicyclic) bond motifs is 1. The van der Waals surface area contributed by atoms with Crippen molar-refractivity contribution in [1.82, 2.24) is 0 Å². The number of anilines is 2. The van der Waals surface area contributed by atoms with Crippen LogP contribution in [-0.4, -0.2) is 18.8 Å². The molecule has 0 N–H and O–H groups in total. The van der Waals surface area contributed by atoms with Crippen molar-refractivity contribution in [2.24, 2.45) is 0 Å². The first-order valence-corrected chi connectivity index (χ1v) is 8.51. The Morgan fingerprint density at radius 2 is 1.56 bits per heavy atom. The number of rotatable bonds is 5. The normalized spacial score (nSPS) is 12.9. The highest BCUT2D eigenvalue weighted by atomic mass is 16.5. The average Bonchev–Trinajstić information content (AvgIpc) is 2.97. The average molecular weight is 359 g/mol. The third kappa shape index (κ3) is 3.15. The maximum absolute atomic E-state index is 12.5. The second-order valence-electron chi connectivity index (χ2n) is 6.12. The molecule has 27 heavy (non-hydrogen) atoms. The lowest BCUT2D eigenvalue weighted by molar-refractivity contribution is -0.113. The zero-order valence-electron chi connectivity index (χ0n) is 14.7. The number of methoxy groups -OCH3 is 1. The topological polar surface area (TPSA) is 55.8 Å². The van der Waals surface area contributed by atoms with E-state index in [0.29, 0.717) is 35.0 Å². The van der Waals surface area contributed by atoms with Crippen molar-refractivity contribution in [3.8, 4) is 11.5 Å². The van der Waals surface area contributed by atoms with Crippen molar-refractivity contribution in [3.05, 3.63) is 83.9 Å². The predicted molar refractivity (Wildman–Crippen MR) is 102 cm³/mol. The van der Waals surface area contributed by atoms with Crippen LogP contribution in [0, 0.1) is 0 Å². The smallest absolute Gasteiger partial charge is 0.304 e. The maximum Gasteiger partial charge on any atom is 0.304 e. The molecule has 134 valence electrons. The molecule has 3 aromatic rings. The SMILES string of the molecule is COc1ccc2c(c1)C(=O)C(=O)N2c1ccc(OCc2ccccc2)cc1. The van der Waals surface area contributed by atoms with Crippen molar-refractivity contribution < 1.29 is 19.1 Å². The first-order valence-electron chi connectivity index (χ1n) is 8.51. The molecular weight excluding hydrogens is 342 g/mol. The number of hydrogen-bond donors (Lipinski definition) is 0. The number of benzene rings is 3. The van der Waals surface area contributed by atoms with Gasteiger partial charge in [-0.2, -0.15) is 0 Å². The Kier molecular flexibility index (Phi) is 4.34. The van der Waals surface area contributed by atoms with Crippen LogP contribution in [0.2, 0.25) is 0 Å². The first kappa shape index (κ1) is 16.8. The molecule has 0 unspecified atom stereocenters. The summed E-state index contributed by atoms with van der Waals surface area (Å²) >= 11 is 0. The lowest BCUT2D eigenvalue weighted by Gasteiger charge is -2.17. The zero-order valence-corrected chi connectivity index (χ0v) is 14.7. The van der Waals surface area contributed by atoms with E-state index in [4.69, 9.17) is 9.47 Å². The number of hydrogen-bond acceptors (Lipinski definition) is 4. The van der Waals surface area contributed by atoms with Crippen LogP contribution >= 0.6 is 0 Å². The van der Waals surface area contributed by atoms with Crippen molar-refractivity contribution in [2.45, 2.75) is 6.61 Å². The second-order valence-corrected chi connectivity index (χ2v) is 6.12. The molecule has 0 bridgehead atoms. The fourth-order valence-corrected chi connectivity index (χ4v) is 3.03. The van der Waals surface area contributed by atoms with Gasteiger partial charge in [0.1, 0.15) is 18.1 Å². The van der Waals surface area contributed by atoms with E-state index in [9.17, 15) is 9.59 Å². The van der Waals surface area contributed by atoms with E-state index >= 15 is 0 Å². The Morgan fingerprint density at radius 3 is 2.26 bits per heavy atom. The van der Waals surface area contributed by atoms with E-state index in [0.717, 1.165) is 5.56 Å². The minimum atomic E-state index is -0.573. The van der Waals surface area contributed by atoms with Crippen molar-refractivity contribution in [1.29, 1.82) is 0 Å². The third-order valence-electron chi connectivity index (χ3n) is 4.43. The Morgan fingerprint density at radius 1 is 0.852 bits per heavy atom. The monoisotopic (exact) mass is 359 g/mol. The van der Waals surface area contributed by atoms with E-state index in [1.807, 2.05) is 30.3 Å². The van der Waals surface area contributed by atoms with E-state index in [-0.39, 0.29) is 0 Å². The summed E-state index contributed by atoms with van der Waals surface area (Å²) in [4.78, 5) is 26.2. The lowest BCUT2D eigenvalue weighted by atomic mass is 10.1. The highest BCUT2D eigenvalue weighted by Gasteiger charge is 2.37. The van der Waals surface area contributed by atoms with Crippen LogP contribution in [0.5, 0.6) is 11.5 Å². The molecule has 0 saturated carbocycles.